The molecule has 2 heterocycles. The monoisotopic (exact) mass is 397 g/mol. The third kappa shape index (κ3) is 3.65. The van der Waals surface area contributed by atoms with Gasteiger partial charge in [0, 0.05) is 33.9 Å². The predicted molar refractivity (Wildman–Crippen MR) is 123 cm³/mol. The van der Waals surface area contributed by atoms with Crippen molar-refractivity contribution in [2.45, 2.75) is 0 Å². The average molecular weight is 397 g/mol. The van der Waals surface area contributed by atoms with Crippen LogP contribution in [0.1, 0.15) is 0 Å². The Hall–Kier alpha value is -4.01. The van der Waals surface area contributed by atoms with Gasteiger partial charge >= 0.3 is 10.1 Å². The molecule has 4 aromatic carbocycles. The number of rotatable bonds is 0. The summed E-state index contributed by atoms with van der Waals surface area (Å²) in [6.07, 6.45) is 3.43. The van der Waals surface area contributed by atoms with E-state index in [-0.39, 0.29) is 21.6 Å². The van der Waals surface area contributed by atoms with Crippen molar-refractivity contribution in [1.82, 2.24) is 9.97 Å². The van der Waals surface area contributed by atoms with Crippen LogP contribution in [0, 0.1) is 0 Å². The second-order valence-corrected chi connectivity index (χ2v) is 6.99. The normalized spacial score (nSPS) is 10.6. The Bertz CT molecular complexity index is 1420. The van der Waals surface area contributed by atoms with Crippen molar-refractivity contribution in [2.24, 2.45) is 0 Å². The maximum atomic E-state index is 11.8. The van der Waals surface area contributed by atoms with Gasteiger partial charge in [-0.15, -0.1) is 0 Å². The largest absolute Gasteiger partial charge is 2.00 e. The summed E-state index contributed by atoms with van der Waals surface area (Å²) in [7, 11) is 0. The molecular weight excluding hydrogens is 381 g/mol. The summed E-state index contributed by atoms with van der Waals surface area (Å²) in [4.78, 5) is 8.54. The number of nitrogens with zero attached hydrogens (tertiary/aromatic N) is 2. The van der Waals surface area contributed by atoms with Gasteiger partial charge in [0.1, 0.15) is 0 Å². The van der Waals surface area contributed by atoms with Crippen molar-refractivity contribution in [2.75, 3.05) is 0 Å². The molecule has 0 amide bonds. The van der Waals surface area contributed by atoms with Gasteiger partial charge in [0.25, 0.3) is 0 Å². The van der Waals surface area contributed by atoms with E-state index in [1.807, 2.05) is 60.7 Å². The summed E-state index contributed by atoms with van der Waals surface area (Å²) in [6, 6.07) is 26.2. The van der Waals surface area contributed by atoms with Crippen molar-refractivity contribution in [3.8, 4) is 11.5 Å². The summed E-state index contributed by atoms with van der Waals surface area (Å²) in [6.45, 7) is 0. The van der Waals surface area contributed by atoms with Crippen molar-refractivity contribution in [1.29, 1.82) is 0 Å². The molecule has 0 bridgehead atoms. The molecule has 0 saturated carbocycles. The quantitative estimate of drug-likeness (QED) is 0.279. The first kappa shape index (κ1) is 20.3. The Morgan fingerprint density at radius 1 is 0.452 bits per heavy atom. The van der Waals surface area contributed by atoms with Crippen LogP contribution in [0.15, 0.2) is 97.3 Å². The molecule has 5 heteroatoms. The Morgan fingerprint density at radius 3 is 1.29 bits per heavy atom. The van der Waals surface area contributed by atoms with Crippen LogP contribution < -0.4 is 10.2 Å². The van der Waals surface area contributed by atoms with E-state index in [2.05, 4.69) is 9.97 Å². The van der Waals surface area contributed by atoms with Crippen LogP contribution in [0.3, 0.4) is 0 Å². The fourth-order valence-electron chi connectivity index (χ4n) is 3.76. The molecule has 0 unspecified atom stereocenters. The molecule has 0 aliphatic rings. The molecule has 0 atom stereocenters. The van der Waals surface area contributed by atoms with Crippen molar-refractivity contribution in [3.05, 3.63) is 97.3 Å². The van der Waals surface area contributed by atoms with E-state index < -0.39 is 0 Å². The summed E-state index contributed by atoms with van der Waals surface area (Å²) in [5.41, 5.74) is 1.58. The van der Waals surface area contributed by atoms with Crippen LogP contribution in [-0.2, 0) is 0 Å². The molecule has 2 aromatic heterocycles. The van der Waals surface area contributed by atoms with E-state index in [0.717, 1.165) is 43.4 Å². The molecule has 0 saturated heterocycles. The topological polar surface area (TPSA) is 71.9 Å². The second-order valence-electron chi connectivity index (χ2n) is 6.99. The van der Waals surface area contributed by atoms with Crippen molar-refractivity contribution >= 4 is 53.5 Å². The number of hydrogen-bond acceptors (Lipinski definition) is 4. The van der Waals surface area contributed by atoms with Crippen molar-refractivity contribution < 1.29 is 10.2 Å². The van der Waals surface area contributed by atoms with Crippen molar-refractivity contribution in [3.63, 3.8) is 0 Å². The van der Waals surface area contributed by atoms with E-state index in [9.17, 15) is 10.2 Å². The predicted octanol–water partition coefficient (Wildman–Crippen LogP) is 4.54. The van der Waals surface area contributed by atoms with Gasteiger partial charge in [0.15, 0.2) is 0 Å². The minimum Gasteiger partial charge on any atom is -0.872 e. The Labute approximate surface area is 182 Å². The molecule has 0 radical (unpaired) electrons. The van der Waals surface area contributed by atoms with E-state index >= 15 is 0 Å². The van der Waals surface area contributed by atoms with E-state index in [1.165, 1.54) is 0 Å². The first-order valence-corrected chi connectivity index (χ1v) is 9.59. The zero-order valence-corrected chi connectivity index (χ0v) is 16.7. The van der Waals surface area contributed by atoms with Gasteiger partial charge in [0.05, 0.1) is 11.0 Å². The minimum absolute atomic E-state index is 0. The second kappa shape index (κ2) is 8.39. The Balaban J connectivity index is 0.000000144. The summed E-state index contributed by atoms with van der Waals surface area (Å²) in [5.74, 6) is 0.0774. The molecule has 6 aromatic rings. The standard InChI is InChI=1S/2C13H9NO.Be/c2*15-11-5-1-3-9-6-7-10-4-2-8-14-13(10)12(9)11;/h2*1-8,15H;/q;;+2/p-2. The summed E-state index contributed by atoms with van der Waals surface area (Å²) < 4.78 is 0. The van der Waals surface area contributed by atoms with Gasteiger partial charge in [0.2, 0.25) is 0 Å². The zero-order valence-electron chi connectivity index (χ0n) is 16.7. The first-order valence-electron chi connectivity index (χ1n) is 9.59. The average Bonchev–Trinajstić information content (AvgIpc) is 2.79. The van der Waals surface area contributed by atoms with E-state index in [0.29, 0.717) is 0 Å². The molecule has 4 nitrogen and oxygen atoms in total. The number of hydrogen-bond donors (Lipinski definition) is 0. The molecule has 31 heavy (non-hydrogen) atoms. The molecule has 0 aliphatic carbocycles. The van der Waals surface area contributed by atoms with Crippen LogP contribution in [0.5, 0.6) is 11.5 Å². The molecule has 6 rings (SSSR count). The number of pyridine rings is 2. The van der Waals surface area contributed by atoms with Gasteiger partial charge in [-0.25, -0.2) is 0 Å². The van der Waals surface area contributed by atoms with Crippen LogP contribution in [0.4, 0.5) is 0 Å². The zero-order chi connectivity index (χ0) is 20.5. The van der Waals surface area contributed by atoms with Gasteiger partial charge in [-0.1, -0.05) is 84.3 Å². The molecular formula is C26H16BeN2O2. The van der Waals surface area contributed by atoms with Gasteiger partial charge in [-0.2, -0.15) is 0 Å². The molecule has 0 fully saturated rings. The smallest absolute Gasteiger partial charge is 0.872 e. The maximum absolute atomic E-state index is 11.8. The van der Waals surface area contributed by atoms with Crippen LogP contribution >= 0.6 is 0 Å². The minimum atomic E-state index is 0. The fraction of sp³-hybridized carbons (Fsp3) is 0. The first-order chi connectivity index (χ1) is 14.7. The maximum Gasteiger partial charge on any atom is 2.00 e. The molecule has 0 spiro atoms. The molecule has 144 valence electrons. The number of aromatic nitrogens is 2. The number of fused-ring (bicyclic) bond motifs is 6. The number of benzene rings is 4. The Kier molecular flexibility index (Phi) is 5.48. The van der Waals surface area contributed by atoms with E-state index in [4.69, 9.17) is 0 Å². The SMILES string of the molecule is [Be+2].[O-]c1cccc2ccc3cccnc3c12.[O-]c1cccc2ccc3cccnc3c12. The third-order valence-electron chi connectivity index (χ3n) is 5.15. The van der Waals surface area contributed by atoms with Crippen LogP contribution in [0.2, 0.25) is 0 Å². The van der Waals surface area contributed by atoms with E-state index in [1.54, 1.807) is 36.7 Å². The Morgan fingerprint density at radius 2 is 0.839 bits per heavy atom. The van der Waals surface area contributed by atoms with Gasteiger partial charge in [-0.3, -0.25) is 9.97 Å². The molecule has 0 N–H and O–H groups in total. The van der Waals surface area contributed by atoms with Gasteiger partial charge < -0.3 is 10.2 Å². The van der Waals surface area contributed by atoms with Crippen LogP contribution in [0.25, 0.3) is 43.4 Å². The van der Waals surface area contributed by atoms with Crippen LogP contribution in [-0.4, -0.2) is 20.1 Å². The summed E-state index contributed by atoms with van der Waals surface area (Å²) >= 11 is 0. The third-order valence-corrected chi connectivity index (χ3v) is 5.15. The van der Waals surface area contributed by atoms with Gasteiger partial charge in [-0.05, 0) is 22.9 Å². The summed E-state index contributed by atoms with van der Waals surface area (Å²) in [5, 5.41) is 28.9. The molecule has 0 aliphatic heterocycles. The fourth-order valence-corrected chi connectivity index (χ4v) is 3.76.